The van der Waals surface area contributed by atoms with Crippen molar-refractivity contribution in [3.63, 3.8) is 0 Å². The van der Waals surface area contributed by atoms with Crippen LogP contribution in [0.5, 0.6) is 0 Å². The molecule has 0 bridgehead atoms. The zero-order chi connectivity index (χ0) is 15.4. The molecule has 0 aliphatic carbocycles. The lowest BCUT2D eigenvalue weighted by Gasteiger charge is -2.09. The van der Waals surface area contributed by atoms with E-state index in [4.69, 9.17) is 11.6 Å². The van der Waals surface area contributed by atoms with Crippen molar-refractivity contribution in [2.24, 2.45) is 0 Å². The third kappa shape index (κ3) is 3.66. The van der Waals surface area contributed by atoms with E-state index in [9.17, 15) is 10.1 Å². The molecule has 0 unspecified atom stereocenters. The van der Waals surface area contributed by atoms with Gasteiger partial charge < -0.3 is 5.32 Å². The summed E-state index contributed by atoms with van der Waals surface area (Å²) < 4.78 is 0. The smallest absolute Gasteiger partial charge is 0.348 e. The lowest BCUT2D eigenvalue weighted by Crippen LogP contribution is -2.06. The van der Waals surface area contributed by atoms with Gasteiger partial charge in [-0.2, -0.15) is 0 Å². The van der Waals surface area contributed by atoms with Crippen molar-refractivity contribution < 1.29 is 4.92 Å². The summed E-state index contributed by atoms with van der Waals surface area (Å²) in [5.41, 5.74) is 1.94. The largest absolute Gasteiger partial charge is 0.360 e. The molecule has 0 aliphatic rings. The number of aromatic nitrogens is 2. The van der Waals surface area contributed by atoms with Gasteiger partial charge in [0.25, 0.3) is 0 Å². The first-order chi connectivity index (χ1) is 9.99. The minimum absolute atomic E-state index is 0.118. The van der Waals surface area contributed by atoms with Crippen LogP contribution in [-0.2, 0) is 6.54 Å². The molecule has 21 heavy (non-hydrogen) atoms. The summed E-state index contributed by atoms with van der Waals surface area (Å²) in [5.74, 6) is 0.585. The third-order valence-corrected chi connectivity index (χ3v) is 3.34. The number of anilines is 1. The van der Waals surface area contributed by atoms with Crippen LogP contribution >= 0.6 is 11.6 Å². The molecule has 0 radical (unpaired) electrons. The van der Waals surface area contributed by atoms with E-state index in [-0.39, 0.29) is 16.7 Å². The topological polar surface area (TPSA) is 81.0 Å². The molecule has 0 spiro atoms. The van der Waals surface area contributed by atoms with Gasteiger partial charge in [0, 0.05) is 6.54 Å². The van der Waals surface area contributed by atoms with E-state index in [1.807, 2.05) is 24.3 Å². The fraction of sp³-hybridized carbons (Fsp3) is 0.286. The molecule has 0 fully saturated rings. The summed E-state index contributed by atoms with van der Waals surface area (Å²) in [7, 11) is 0. The van der Waals surface area contributed by atoms with Crippen LogP contribution in [0.25, 0.3) is 0 Å². The number of benzene rings is 1. The number of rotatable bonds is 5. The van der Waals surface area contributed by atoms with Crippen LogP contribution < -0.4 is 5.32 Å². The van der Waals surface area contributed by atoms with Crippen molar-refractivity contribution in [1.29, 1.82) is 0 Å². The van der Waals surface area contributed by atoms with E-state index in [0.29, 0.717) is 12.5 Å². The molecule has 2 aromatic rings. The van der Waals surface area contributed by atoms with Gasteiger partial charge >= 0.3 is 5.69 Å². The SMILES string of the molecule is CC(C)c1ccc(CNc2ncnc(Cl)c2[N+](=O)[O-])cc1. The Bertz CT molecular complexity index is 644. The van der Waals surface area contributed by atoms with E-state index in [0.717, 1.165) is 5.56 Å². The van der Waals surface area contributed by atoms with E-state index >= 15 is 0 Å². The first kappa shape index (κ1) is 15.2. The van der Waals surface area contributed by atoms with Gasteiger partial charge in [0.15, 0.2) is 0 Å². The fourth-order valence-corrected chi connectivity index (χ4v) is 2.06. The minimum Gasteiger partial charge on any atom is -0.360 e. The summed E-state index contributed by atoms with van der Waals surface area (Å²) in [5, 5.41) is 13.7. The molecular formula is C14H15ClN4O2. The van der Waals surface area contributed by atoms with Gasteiger partial charge in [-0.1, -0.05) is 49.7 Å². The lowest BCUT2D eigenvalue weighted by atomic mass is 10.0. The molecule has 1 aromatic carbocycles. The number of halogens is 1. The molecule has 0 saturated heterocycles. The number of hydrogen-bond acceptors (Lipinski definition) is 5. The second-order valence-corrected chi connectivity index (χ2v) is 5.23. The van der Waals surface area contributed by atoms with Crippen LogP contribution in [0.15, 0.2) is 30.6 Å². The Balaban J connectivity index is 2.13. The predicted molar refractivity (Wildman–Crippen MR) is 81.6 cm³/mol. The molecule has 2 rings (SSSR count). The monoisotopic (exact) mass is 306 g/mol. The molecule has 0 atom stereocenters. The Hall–Kier alpha value is -2.21. The molecule has 0 saturated carbocycles. The van der Waals surface area contributed by atoms with Gasteiger partial charge in [-0.05, 0) is 17.0 Å². The van der Waals surface area contributed by atoms with Gasteiger partial charge in [0.1, 0.15) is 6.33 Å². The average molecular weight is 307 g/mol. The molecular weight excluding hydrogens is 292 g/mol. The summed E-state index contributed by atoms with van der Waals surface area (Å²) in [6, 6.07) is 8.06. The van der Waals surface area contributed by atoms with Crippen molar-refractivity contribution in [3.8, 4) is 0 Å². The minimum atomic E-state index is -0.591. The second kappa shape index (κ2) is 6.49. The van der Waals surface area contributed by atoms with Gasteiger partial charge in [-0.3, -0.25) is 10.1 Å². The molecule has 110 valence electrons. The van der Waals surface area contributed by atoms with Crippen molar-refractivity contribution >= 4 is 23.1 Å². The second-order valence-electron chi connectivity index (χ2n) is 4.87. The summed E-state index contributed by atoms with van der Waals surface area (Å²) in [4.78, 5) is 17.9. The Kier molecular flexibility index (Phi) is 4.70. The lowest BCUT2D eigenvalue weighted by molar-refractivity contribution is -0.384. The number of nitrogens with zero attached hydrogens (tertiary/aromatic N) is 3. The van der Waals surface area contributed by atoms with Crippen molar-refractivity contribution in [2.75, 3.05) is 5.32 Å². The van der Waals surface area contributed by atoms with Crippen LogP contribution in [0.4, 0.5) is 11.5 Å². The van der Waals surface area contributed by atoms with E-state index in [1.165, 1.54) is 11.9 Å². The quantitative estimate of drug-likeness (QED) is 0.516. The fourth-order valence-electron chi connectivity index (χ4n) is 1.85. The Labute approximate surface area is 127 Å². The zero-order valence-electron chi connectivity index (χ0n) is 11.7. The average Bonchev–Trinajstić information content (AvgIpc) is 2.45. The molecule has 0 aliphatic heterocycles. The van der Waals surface area contributed by atoms with Crippen molar-refractivity contribution in [1.82, 2.24) is 9.97 Å². The van der Waals surface area contributed by atoms with Gasteiger partial charge in [0.05, 0.1) is 4.92 Å². The Morgan fingerprint density at radius 1 is 1.29 bits per heavy atom. The Morgan fingerprint density at radius 2 is 1.95 bits per heavy atom. The third-order valence-electron chi connectivity index (χ3n) is 3.07. The summed E-state index contributed by atoms with van der Waals surface area (Å²) in [6.45, 7) is 4.67. The van der Waals surface area contributed by atoms with Crippen LogP contribution in [0.3, 0.4) is 0 Å². The number of nitro groups is 1. The van der Waals surface area contributed by atoms with Gasteiger partial charge in [-0.15, -0.1) is 0 Å². The van der Waals surface area contributed by atoms with E-state index in [1.54, 1.807) is 0 Å². The zero-order valence-corrected chi connectivity index (χ0v) is 12.5. The molecule has 6 nitrogen and oxygen atoms in total. The highest BCUT2D eigenvalue weighted by Crippen LogP contribution is 2.28. The van der Waals surface area contributed by atoms with Crippen LogP contribution in [-0.4, -0.2) is 14.9 Å². The number of hydrogen-bond donors (Lipinski definition) is 1. The van der Waals surface area contributed by atoms with Gasteiger partial charge in [-0.25, -0.2) is 9.97 Å². The summed E-state index contributed by atoms with van der Waals surface area (Å²) in [6.07, 6.45) is 1.19. The Morgan fingerprint density at radius 3 is 2.52 bits per heavy atom. The molecule has 1 aromatic heterocycles. The molecule has 1 N–H and O–H groups in total. The molecule has 7 heteroatoms. The van der Waals surface area contributed by atoms with Crippen molar-refractivity contribution in [2.45, 2.75) is 26.3 Å². The highest BCUT2D eigenvalue weighted by atomic mass is 35.5. The first-order valence-electron chi connectivity index (χ1n) is 6.46. The van der Waals surface area contributed by atoms with Gasteiger partial charge in [0.2, 0.25) is 11.0 Å². The van der Waals surface area contributed by atoms with Crippen LogP contribution in [0, 0.1) is 10.1 Å². The van der Waals surface area contributed by atoms with E-state index < -0.39 is 4.92 Å². The summed E-state index contributed by atoms with van der Waals surface area (Å²) >= 11 is 5.73. The van der Waals surface area contributed by atoms with E-state index in [2.05, 4.69) is 29.1 Å². The van der Waals surface area contributed by atoms with Crippen molar-refractivity contribution in [3.05, 3.63) is 57.0 Å². The molecule has 1 heterocycles. The first-order valence-corrected chi connectivity index (χ1v) is 6.84. The maximum atomic E-state index is 11.0. The standard InChI is InChI=1S/C14H15ClN4O2/c1-9(2)11-5-3-10(4-6-11)7-16-14-12(19(20)21)13(15)17-8-18-14/h3-6,8-9H,7H2,1-2H3,(H,16,17,18). The maximum Gasteiger partial charge on any atom is 0.348 e. The van der Waals surface area contributed by atoms with Crippen LogP contribution in [0.1, 0.15) is 30.9 Å². The predicted octanol–water partition coefficient (Wildman–Crippen LogP) is 3.77. The highest BCUT2D eigenvalue weighted by Gasteiger charge is 2.21. The normalized spacial score (nSPS) is 10.7. The molecule has 0 amide bonds. The number of nitrogens with one attached hydrogen (secondary N) is 1. The maximum absolute atomic E-state index is 11.0. The van der Waals surface area contributed by atoms with Crippen LogP contribution in [0.2, 0.25) is 5.15 Å². The highest BCUT2D eigenvalue weighted by molar-refractivity contribution is 6.31.